The van der Waals surface area contributed by atoms with E-state index in [1.807, 2.05) is 65.0 Å². The smallest absolute Gasteiger partial charge is 0.419 e. The predicted molar refractivity (Wildman–Crippen MR) is 194 cm³/mol. The molecule has 4 aromatic rings. The van der Waals surface area contributed by atoms with E-state index in [9.17, 15) is 19.2 Å². The lowest BCUT2D eigenvalue weighted by atomic mass is 10.0. The SMILES string of the molecule is COC(=O)NC(C(=O)N1CCCC1c1ncc(-c2ccc(-c3cc4cc(NC(=O)OC(C)(C)C)ccc4n3C(=O)OC(C)(C)C)cc2)[nH]1)C(C)C. The van der Waals surface area contributed by atoms with E-state index in [0.29, 0.717) is 29.3 Å². The maximum Gasteiger partial charge on any atom is 0.419 e. The maximum absolute atomic E-state index is 13.6. The van der Waals surface area contributed by atoms with Crippen LogP contribution in [0.1, 0.15) is 80.1 Å². The first-order valence-electron chi connectivity index (χ1n) is 17.1. The summed E-state index contributed by atoms with van der Waals surface area (Å²) in [6.45, 7) is 15.1. The van der Waals surface area contributed by atoms with Gasteiger partial charge < -0.3 is 29.4 Å². The number of alkyl carbamates (subject to hydrolysis) is 1. The fourth-order valence-corrected chi connectivity index (χ4v) is 6.10. The molecule has 2 aromatic heterocycles. The van der Waals surface area contributed by atoms with Crippen molar-refractivity contribution in [1.82, 2.24) is 24.8 Å². The van der Waals surface area contributed by atoms with E-state index in [0.717, 1.165) is 35.0 Å². The van der Waals surface area contributed by atoms with Gasteiger partial charge in [0.25, 0.3) is 0 Å². The summed E-state index contributed by atoms with van der Waals surface area (Å²) in [5.74, 6) is 0.364. The average molecular weight is 701 g/mol. The number of fused-ring (bicyclic) bond motifs is 1. The normalized spacial score (nSPS) is 15.5. The molecule has 1 saturated heterocycles. The molecule has 3 N–H and O–H groups in total. The standard InChI is InChI=1S/C38H48N6O7/c1-22(2)31(42-34(46)49-9)33(45)43-18-10-11-29(43)32-39-21-27(41-32)23-12-14-24(15-13-23)30-20-25-19-26(40-35(47)50-37(3,4)5)16-17-28(25)44(30)36(48)51-38(6,7)8/h12-17,19-22,29,31H,10-11,18H2,1-9H3,(H,39,41)(H,40,47)(H,42,46). The third-order valence-corrected chi connectivity index (χ3v) is 8.35. The predicted octanol–water partition coefficient (Wildman–Crippen LogP) is 7.87. The highest BCUT2D eigenvalue weighted by Crippen LogP contribution is 2.35. The second-order valence-corrected chi connectivity index (χ2v) is 15.1. The van der Waals surface area contributed by atoms with Crippen LogP contribution < -0.4 is 10.6 Å². The molecule has 0 saturated carbocycles. The van der Waals surface area contributed by atoms with Gasteiger partial charge in [-0.15, -0.1) is 0 Å². The summed E-state index contributed by atoms with van der Waals surface area (Å²) in [5, 5.41) is 6.17. The third-order valence-electron chi connectivity index (χ3n) is 8.35. The van der Waals surface area contributed by atoms with Crippen molar-refractivity contribution >= 4 is 40.8 Å². The van der Waals surface area contributed by atoms with Crippen molar-refractivity contribution in [3.63, 3.8) is 0 Å². The van der Waals surface area contributed by atoms with Gasteiger partial charge in [0.05, 0.1) is 36.3 Å². The number of aromatic nitrogens is 3. The quantitative estimate of drug-likeness (QED) is 0.164. The summed E-state index contributed by atoms with van der Waals surface area (Å²) in [4.78, 5) is 61.3. The number of amides is 3. The van der Waals surface area contributed by atoms with Crippen LogP contribution in [0.4, 0.5) is 20.1 Å². The minimum Gasteiger partial charge on any atom is -0.453 e. The van der Waals surface area contributed by atoms with Crippen molar-refractivity contribution in [2.45, 2.75) is 91.5 Å². The molecule has 3 heterocycles. The van der Waals surface area contributed by atoms with E-state index in [4.69, 9.17) is 14.2 Å². The van der Waals surface area contributed by atoms with E-state index < -0.39 is 35.5 Å². The number of nitrogens with one attached hydrogen (secondary N) is 3. The molecule has 2 aromatic carbocycles. The fourth-order valence-electron chi connectivity index (χ4n) is 6.10. The number of hydrogen-bond acceptors (Lipinski definition) is 8. The molecule has 13 nitrogen and oxygen atoms in total. The summed E-state index contributed by atoms with van der Waals surface area (Å²) >= 11 is 0. The van der Waals surface area contributed by atoms with Crippen LogP contribution in [0, 0.1) is 5.92 Å². The van der Waals surface area contributed by atoms with Gasteiger partial charge in [0, 0.05) is 17.6 Å². The Morgan fingerprint density at radius 2 is 1.57 bits per heavy atom. The molecule has 13 heteroatoms. The maximum atomic E-state index is 13.6. The molecule has 1 aliphatic rings. The topological polar surface area (TPSA) is 157 Å². The third kappa shape index (κ3) is 8.70. The molecule has 2 atom stereocenters. The number of H-pyrrole nitrogens is 1. The monoisotopic (exact) mass is 700 g/mol. The number of imidazole rings is 1. The number of carbonyl (C=O) groups excluding carboxylic acids is 4. The molecule has 272 valence electrons. The Kier molecular flexibility index (Phi) is 10.5. The van der Waals surface area contributed by atoms with Crippen molar-refractivity contribution in [1.29, 1.82) is 0 Å². The first-order chi connectivity index (χ1) is 23.9. The summed E-state index contributed by atoms with van der Waals surface area (Å²) in [6.07, 6.45) is 1.55. The number of benzene rings is 2. The molecule has 1 aliphatic heterocycles. The zero-order chi connectivity index (χ0) is 37.2. The molecule has 0 aliphatic carbocycles. The van der Waals surface area contributed by atoms with Gasteiger partial charge in [-0.2, -0.15) is 0 Å². The fraction of sp³-hybridized carbons (Fsp3) is 0.447. The van der Waals surface area contributed by atoms with Gasteiger partial charge in [-0.1, -0.05) is 38.1 Å². The average Bonchev–Trinajstić information content (AvgIpc) is 3.79. The molecular weight excluding hydrogens is 652 g/mol. The molecule has 3 amide bonds. The Morgan fingerprint density at radius 1 is 0.902 bits per heavy atom. The summed E-state index contributed by atoms with van der Waals surface area (Å²) < 4.78 is 17.5. The van der Waals surface area contributed by atoms with Crippen LogP contribution in [0.3, 0.4) is 0 Å². The van der Waals surface area contributed by atoms with Crippen molar-refractivity contribution in [3.05, 3.63) is 60.6 Å². The molecule has 0 spiro atoms. The highest BCUT2D eigenvalue weighted by atomic mass is 16.6. The van der Waals surface area contributed by atoms with Gasteiger partial charge in [-0.25, -0.2) is 23.9 Å². The van der Waals surface area contributed by atoms with Crippen molar-refractivity contribution < 1.29 is 33.4 Å². The van der Waals surface area contributed by atoms with E-state index in [-0.39, 0.29) is 17.9 Å². The number of ether oxygens (including phenoxy) is 3. The van der Waals surface area contributed by atoms with Gasteiger partial charge >= 0.3 is 18.3 Å². The first kappa shape index (κ1) is 36.9. The Morgan fingerprint density at radius 3 is 2.20 bits per heavy atom. The minimum absolute atomic E-state index is 0.131. The minimum atomic E-state index is -0.724. The lowest BCUT2D eigenvalue weighted by molar-refractivity contribution is -0.135. The number of methoxy groups -OCH3 is 1. The molecule has 0 bridgehead atoms. The van der Waals surface area contributed by atoms with Gasteiger partial charge in [0.2, 0.25) is 5.91 Å². The Balaban J connectivity index is 1.42. The molecule has 2 unspecified atom stereocenters. The molecular formula is C38H48N6O7. The van der Waals surface area contributed by atoms with E-state index >= 15 is 0 Å². The number of carbonyl (C=O) groups is 4. The molecule has 51 heavy (non-hydrogen) atoms. The number of anilines is 1. The lowest BCUT2D eigenvalue weighted by Gasteiger charge is -2.30. The molecule has 5 rings (SSSR count). The van der Waals surface area contributed by atoms with E-state index in [1.54, 1.807) is 50.1 Å². The van der Waals surface area contributed by atoms with E-state index in [1.165, 1.54) is 11.7 Å². The zero-order valence-corrected chi connectivity index (χ0v) is 30.7. The number of nitrogens with zero attached hydrogens (tertiary/aromatic N) is 3. The highest BCUT2D eigenvalue weighted by Gasteiger charge is 2.37. The molecule has 1 fully saturated rings. The van der Waals surface area contributed by atoms with Crippen LogP contribution in [0.15, 0.2) is 54.7 Å². The van der Waals surface area contributed by atoms with Crippen LogP contribution in [0.5, 0.6) is 0 Å². The second kappa shape index (κ2) is 14.5. The van der Waals surface area contributed by atoms with E-state index in [2.05, 4.69) is 20.6 Å². The zero-order valence-electron chi connectivity index (χ0n) is 30.7. The Bertz CT molecular complexity index is 1910. The van der Waals surface area contributed by atoms with Crippen LogP contribution in [0.25, 0.3) is 33.4 Å². The van der Waals surface area contributed by atoms with Gasteiger partial charge in [-0.3, -0.25) is 10.1 Å². The summed E-state index contributed by atoms with van der Waals surface area (Å²) in [6, 6.07) is 13.9. The van der Waals surface area contributed by atoms with Crippen LogP contribution in [0.2, 0.25) is 0 Å². The van der Waals surface area contributed by atoms with Crippen molar-refractivity contribution in [2.75, 3.05) is 19.0 Å². The Labute approximate surface area is 298 Å². The van der Waals surface area contributed by atoms with Crippen LogP contribution in [-0.2, 0) is 19.0 Å². The summed E-state index contributed by atoms with van der Waals surface area (Å²) in [7, 11) is 1.27. The van der Waals surface area contributed by atoms with Gasteiger partial charge in [-0.05, 0) is 95.7 Å². The number of hydrogen-bond donors (Lipinski definition) is 3. The van der Waals surface area contributed by atoms with Gasteiger partial charge in [0.15, 0.2) is 0 Å². The first-order valence-corrected chi connectivity index (χ1v) is 17.1. The van der Waals surface area contributed by atoms with Crippen LogP contribution >= 0.6 is 0 Å². The van der Waals surface area contributed by atoms with Gasteiger partial charge in [0.1, 0.15) is 23.1 Å². The number of aromatic amines is 1. The second-order valence-electron chi connectivity index (χ2n) is 15.1. The Hall–Kier alpha value is -5.33. The van der Waals surface area contributed by atoms with Crippen LogP contribution in [-0.4, -0.2) is 74.5 Å². The number of rotatable bonds is 7. The lowest BCUT2D eigenvalue weighted by Crippen LogP contribution is -2.51. The van der Waals surface area contributed by atoms with Crippen molar-refractivity contribution in [2.24, 2.45) is 5.92 Å². The number of likely N-dealkylation sites (tertiary alicyclic amines) is 1. The molecule has 0 radical (unpaired) electrons. The highest BCUT2D eigenvalue weighted by molar-refractivity contribution is 5.99. The van der Waals surface area contributed by atoms with Crippen molar-refractivity contribution in [3.8, 4) is 22.5 Å². The summed E-state index contributed by atoms with van der Waals surface area (Å²) in [5.41, 5.74) is 2.80. The largest absolute Gasteiger partial charge is 0.453 e.